The van der Waals surface area contributed by atoms with E-state index in [1.807, 2.05) is 0 Å². The van der Waals surface area contributed by atoms with Crippen molar-refractivity contribution in [1.82, 2.24) is 4.31 Å². The van der Waals surface area contributed by atoms with Crippen LogP contribution in [0.25, 0.3) is 0 Å². The number of rotatable bonds is 3. The van der Waals surface area contributed by atoms with E-state index in [4.69, 9.17) is 5.73 Å². The van der Waals surface area contributed by atoms with E-state index in [1.54, 1.807) is 12.1 Å². The summed E-state index contributed by atoms with van der Waals surface area (Å²) in [6.45, 7) is 2.21. The van der Waals surface area contributed by atoms with Gasteiger partial charge in [0, 0.05) is 31.7 Å². The zero-order valence-electron chi connectivity index (χ0n) is 10.7. The first-order valence-electron chi connectivity index (χ1n) is 6.03. The molecule has 0 aliphatic carbocycles. The molecule has 1 aromatic carbocycles. The quantitative estimate of drug-likeness (QED) is 0.838. The number of benzene rings is 1. The van der Waals surface area contributed by atoms with Crippen LogP contribution in [0.2, 0.25) is 0 Å². The molecule has 1 atom stereocenters. The van der Waals surface area contributed by atoms with Gasteiger partial charge >= 0.3 is 0 Å². The highest BCUT2D eigenvalue weighted by molar-refractivity contribution is 7.89. The van der Waals surface area contributed by atoms with Gasteiger partial charge in [0.15, 0.2) is 0 Å². The Balaban J connectivity index is 2.19. The number of hydrogen-bond acceptors (Lipinski definition) is 4. The molecule has 6 nitrogen and oxygen atoms in total. The molecule has 0 spiro atoms. The third kappa shape index (κ3) is 3.12. The molecule has 1 aliphatic heterocycles. The fourth-order valence-electron chi connectivity index (χ4n) is 2.03. The molecular formula is C12H17N3O3S. The molecule has 1 saturated heterocycles. The summed E-state index contributed by atoms with van der Waals surface area (Å²) in [6, 6.07) is 6.04. The Bertz CT molecular complexity index is 568. The monoisotopic (exact) mass is 283 g/mol. The van der Waals surface area contributed by atoms with Crippen molar-refractivity contribution in [3.05, 3.63) is 24.3 Å². The summed E-state index contributed by atoms with van der Waals surface area (Å²) in [6.07, 6.45) is 0.684. The summed E-state index contributed by atoms with van der Waals surface area (Å²) < 4.78 is 26.0. The van der Waals surface area contributed by atoms with Gasteiger partial charge in [-0.05, 0) is 30.7 Å². The molecule has 104 valence electrons. The molecule has 0 aromatic heterocycles. The molecule has 1 fully saturated rings. The van der Waals surface area contributed by atoms with Crippen molar-refractivity contribution in [2.75, 3.05) is 18.4 Å². The maximum absolute atomic E-state index is 12.3. The molecule has 2 rings (SSSR count). The van der Waals surface area contributed by atoms with Crippen LogP contribution in [0, 0.1) is 0 Å². The number of nitrogens with zero attached hydrogens (tertiary/aromatic N) is 1. The molecule has 1 unspecified atom stereocenters. The Hall–Kier alpha value is -1.44. The summed E-state index contributed by atoms with van der Waals surface area (Å²) in [5.74, 6) is -0.193. The molecule has 1 heterocycles. The van der Waals surface area contributed by atoms with E-state index < -0.39 is 10.0 Å². The van der Waals surface area contributed by atoms with E-state index in [1.165, 1.54) is 23.4 Å². The van der Waals surface area contributed by atoms with Crippen molar-refractivity contribution in [3.8, 4) is 0 Å². The molecule has 0 saturated carbocycles. The van der Waals surface area contributed by atoms with E-state index in [0.717, 1.165) is 0 Å². The minimum atomic E-state index is -3.48. The normalized spacial score (nSPS) is 20.4. The predicted octanol–water partition coefficient (Wildman–Crippen LogP) is 0.367. The van der Waals surface area contributed by atoms with Gasteiger partial charge in [-0.1, -0.05) is 0 Å². The summed E-state index contributed by atoms with van der Waals surface area (Å²) in [5.41, 5.74) is 6.30. The molecule has 3 N–H and O–H groups in total. The smallest absolute Gasteiger partial charge is 0.243 e. The van der Waals surface area contributed by atoms with Gasteiger partial charge in [-0.3, -0.25) is 4.79 Å². The minimum absolute atomic E-state index is 0.0894. The van der Waals surface area contributed by atoms with Crippen LogP contribution in [0.4, 0.5) is 5.69 Å². The highest BCUT2D eigenvalue weighted by Crippen LogP contribution is 2.21. The highest BCUT2D eigenvalue weighted by atomic mass is 32.2. The lowest BCUT2D eigenvalue weighted by Crippen LogP contribution is -2.31. The number of nitrogens with two attached hydrogens (primary N) is 1. The SMILES string of the molecule is CC(=O)Nc1ccc(S(=O)(=O)N2CCC(N)C2)cc1. The maximum Gasteiger partial charge on any atom is 0.243 e. The molecule has 19 heavy (non-hydrogen) atoms. The van der Waals surface area contributed by atoms with Gasteiger partial charge in [0.2, 0.25) is 15.9 Å². The molecule has 7 heteroatoms. The van der Waals surface area contributed by atoms with Gasteiger partial charge in [-0.25, -0.2) is 8.42 Å². The van der Waals surface area contributed by atoms with E-state index in [-0.39, 0.29) is 16.8 Å². The molecule has 1 amide bonds. The van der Waals surface area contributed by atoms with Crippen LogP contribution < -0.4 is 11.1 Å². The standard InChI is InChI=1S/C12H17N3O3S/c1-9(16)14-11-2-4-12(5-3-11)19(17,18)15-7-6-10(13)8-15/h2-5,10H,6-8,13H2,1H3,(H,14,16). The number of carbonyl (C=O) groups excluding carboxylic acids is 1. The summed E-state index contributed by atoms with van der Waals surface area (Å²) in [7, 11) is -3.48. The average Bonchev–Trinajstić information content (AvgIpc) is 2.76. The van der Waals surface area contributed by atoms with E-state index >= 15 is 0 Å². The van der Waals surface area contributed by atoms with Crippen molar-refractivity contribution in [2.45, 2.75) is 24.3 Å². The Morgan fingerprint density at radius 2 is 2.00 bits per heavy atom. The van der Waals surface area contributed by atoms with Crippen LogP contribution in [0.1, 0.15) is 13.3 Å². The molecule has 0 bridgehead atoms. The first-order chi connectivity index (χ1) is 8.89. The van der Waals surface area contributed by atoms with Gasteiger partial charge in [0.1, 0.15) is 0 Å². The van der Waals surface area contributed by atoms with Crippen LogP contribution in [0.3, 0.4) is 0 Å². The number of amides is 1. The van der Waals surface area contributed by atoms with Gasteiger partial charge in [0.25, 0.3) is 0 Å². The van der Waals surface area contributed by atoms with Gasteiger partial charge < -0.3 is 11.1 Å². The maximum atomic E-state index is 12.3. The van der Waals surface area contributed by atoms with Crippen molar-refractivity contribution in [3.63, 3.8) is 0 Å². The lowest BCUT2D eigenvalue weighted by molar-refractivity contribution is -0.114. The van der Waals surface area contributed by atoms with Gasteiger partial charge in [-0.2, -0.15) is 4.31 Å². The largest absolute Gasteiger partial charge is 0.326 e. The number of carbonyl (C=O) groups is 1. The van der Waals surface area contributed by atoms with Crippen LogP contribution in [-0.4, -0.2) is 37.8 Å². The van der Waals surface area contributed by atoms with Gasteiger partial charge in [0.05, 0.1) is 4.90 Å². The Labute approximate surface area is 112 Å². The van der Waals surface area contributed by atoms with Crippen molar-refractivity contribution in [1.29, 1.82) is 0 Å². The minimum Gasteiger partial charge on any atom is -0.326 e. The molecule has 1 aliphatic rings. The average molecular weight is 283 g/mol. The Kier molecular flexibility index (Phi) is 3.88. The second-order valence-electron chi connectivity index (χ2n) is 4.62. The number of hydrogen-bond donors (Lipinski definition) is 2. The van der Waals surface area contributed by atoms with E-state index in [9.17, 15) is 13.2 Å². The predicted molar refractivity (Wildman–Crippen MR) is 72.1 cm³/mol. The Morgan fingerprint density at radius 3 is 2.47 bits per heavy atom. The lowest BCUT2D eigenvalue weighted by atomic mass is 10.3. The van der Waals surface area contributed by atoms with E-state index in [0.29, 0.717) is 25.2 Å². The van der Waals surface area contributed by atoms with Gasteiger partial charge in [-0.15, -0.1) is 0 Å². The summed E-state index contributed by atoms with van der Waals surface area (Å²) >= 11 is 0. The zero-order valence-corrected chi connectivity index (χ0v) is 11.5. The fourth-order valence-corrected chi connectivity index (χ4v) is 3.55. The zero-order chi connectivity index (χ0) is 14.0. The third-order valence-corrected chi connectivity index (χ3v) is 4.88. The first-order valence-corrected chi connectivity index (χ1v) is 7.47. The topological polar surface area (TPSA) is 92.5 Å². The van der Waals surface area contributed by atoms with Crippen LogP contribution in [0.15, 0.2) is 29.2 Å². The van der Waals surface area contributed by atoms with Crippen LogP contribution in [0.5, 0.6) is 0 Å². The summed E-state index contributed by atoms with van der Waals surface area (Å²) in [4.78, 5) is 11.1. The number of nitrogens with one attached hydrogen (secondary N) is 1. The molecular weight excluding hydrogens is 266 g/mol. The third-order valence-electron chi connectivity index (χ3n) is 3.00. The first kappa shape index (κ1) is 14.0. The second-order valence-corrected chi connectivity index (χ2v) is 6.56. The number of anilines is 1. The fraction of sp³-hybridized carbons (Fsp3) is 0.417. The van der Waals surface area contributed by atoms with Crippen LogP contribution in [-0.2, 0) is 14.8 Å². The molecule has 0 radical (unpaired) electrons. The summed E-state index contributed by atoms with van der Waals surface area (Å²) in [5, 5.41) is 2.59. The second kappa shape index (κ2) is 5.28. The highest BCUT2D eigenvalue weighted by Gasteiger charge is 2.30. The van der Waals surface area contributed by atoms with Crippen molar-refractivity contribution >= 4 is 21.6 Å². The number of sulfonamides is 1. The van der Waals surface area contributed by atoms with E-state index in [2.05, 4.69) is 5.32 Å². The van der Waals surface area contributed by atoms with Crippen LogP contribution >= 0.6 is 0 Å². The molecule has 1 aromatic rings. The van der Waals surface area contributed by atoms with Crippen molar-refractivity contribution in [2.24, 2.45) is 5.73 Å². The Morgan fingerprint density at radius 1 is 1.37 bits per heavy atom. The van der Waals surface area contributed by atoms with Crippen molar-refractivity contribution < 1.29 is 13.2 Å². The lowest BCUT2D eigenvalue weighted by Gasteiger charge is -2.16.